The van der Waals surface area contributed by atoms with Crippen molar-refractivity contribution in [2.45, 2.75) is 19.8 Å². The minimum atomic E-state index is -1.17. The molecule has 15 heavy (non-hydrogen) atoms. The van der Waals surface area contributed by atoms with Crippen LogP contribution in [0.4, 0.5) is 0 Å². The fourth-order valence-electron chi connectivity index (χ4n) is 2.09. The Hall–Kier alpha value is -1.32. The van der Waals surface area contributed by atoms with E-state index in [1.165, 1.54) is 14.2 Å². The van der Waals surface area contributed by atoms with Gasteiger partial charge in [0.1, 0.15) is 0 Å². The molecule has 0 spiro atoms. The number of ether oxygens (including phenoxy) is 2. The fourth-order valence-corrected chi connectivity index (χ4v) is 2.09. The van der Waals surface area contributed by atoms with E-state index in [0.717, 1.165) is 5.57 Å². The van der Waals surface area contributed by atoms with Crippen molar-refractivity contribution in [2.24, 2.45) is 11.3 Å². The Bertz CT molecular complexity index is 290. The summed E-state index contributed by atoms with van der Waals surface area (Å²) < 4.78 is 9.35. The number of esters is 2. The molecule has 0 aromatic rings. The largest absolute Gasteiger partial charge is 0.468 e. The number of carbonyl (C=O) groups is 2. The molecule has 0 radical (unpaired) electrons. The van der Waals surface area contributed by atoms with E-state index in [2.05, 4.69) is 16.1 Å². The number of allylic oxidation sites excluding steroid dienone is 1. The number of carbonyl (C=O) groups excluding carboxylic acids is 2. The lowest BCUT2D eigenvalue weighted by atomic mass is 9.85. The molecular weight excluding hydrogens is 196 g/mol. The van der Waals surface area contributed by atoms with Gasteiger partial charge < -0.3 is 9.47 Å². The van der Waals surface area contributed by atoms with Gasteiger partial charge in [0, 0.05) is 0 Å². The van der Waals surface area contributed by atoms with Crippen molar-refractivity contribution in [3.63, 3.8) is 0 Å². The molecular formula is C11H16O4. The van der Waals surface area contributed by atoms with Crippen LogP contribution < -0.4 is 0 Å². The fraction of sp³-hybridized carbons (Fsp3) is 0.636. The smallest absolute Gasteiger partial charge is 0.323 e. The van der Waals surface area contributed by atoms with Crippen LogP contribution in [-0.2, 0) is 19.1 Å². The number of rotatable bonds is 2. The van der Waals surface area contributed by atoms with Gasteiger partial charge in [0.05, 0.1) is 14.2 Å². The summed E-state index contributed by atoms with van der Waals surface area (Å²) >= 11 is 0. The molecule has 4 nitrogen and oxygen atoms in total. The Balaban J connectivity index is 3.04. The van der Waals surface area contributed by atoms with E-state index >= 15 is 0 Å². The monoisotopic (exact) mass is 212 g/mol. The molecule has 0 N–H and O–H groups in total. The molecule has 1 fully saturated rings. The minimum Gasteiger partial charge on any atom is -0.468 e. The van der Waals surface area contributed by atoms with Crippen LogP contribution in [0.2, 0.25) is 0 Å². The van der Waals surface area contributed by atoms with Gasteiger partial charge in [-0.3, -0.25) is 9.59 Å². The second kappa shape index (κ2) is 4.04. The first-order valence-electron chi connectivity index (χ1n) is 4.82. The molecule has 0 aromatic carbocycles. The first-order chi connectivity index (χ1) is 6.97. The SMILES string of the molecule is C=C1CC(C(=O)OC)(C(=O)OC)CC1C. The van der Waals surface area contributed by atoms with Crippen molar-refractivity contribution in [2.75, 3.05) is 14.2 Å². The van der Waals surface area contributed by atoms with E-state index in [4.69, 9.17) is 0 Å². The van der Waals surface area contributed by atoms with Crippen LogP contribution >= 0.6 is 0 Å². The van der Waals surface area contributed by atoms with Gasteiger partial charge in [-0.2, -0.15) is 0 Å². The van der Waals surface area contributed by atoms with Gasteiger partial charge >= 0.3 is 11.9 Å². The van der Waals surface area contributed by atoms with E-state index in [-0.39, 0.29) is 5.92 Å². The lowest BCUT2D eigenvalue weighted by Crippen LogP contribution is -2.39. The van der Waals surface area contributed by atoms with Crippen LogP contribution in [-0.4, -0.2) is 26.2 Å². The van der Waals surface area contributed by atoms with Gasteiger partial charge in [0.15, 0.2) is 5.41 Å². The lowest BCUT2D eigenvalue weighted by Gasteiger charge is -2.22. The molecule has 1 aliphatic carbocycles. The summed E-state index contributed by atoms with van der Waals surface area (Å²) in [7, 11) is 2.55. The van der Waals surface area contributed by atoms with E-state index in [0.29, 0.717) is 12.8 Å². The van der Waals surface area contributed by atoms with E-state index in [1.807, 2.05) is 6.92 Å². The number of methoxy groups -OCH3 is 2. The molecule has 1 atom stereocenters. The van der Waals surface area contributed by atoms with Crippen molar-refractivity contribution in [1.82, 2.24) is 0 Å². The quantitative estimate of drug-likeness (QED) is 0.393. The maximum Gasteiger partial charge on any atom is 0.323 e. The average molecular weight is 212 g/mol. The zero-order valence-corrected chi connectivity index (χ0v) is 9.33. The summed E-state index contributed by atoms with van der Waals surface area (Å²) in [6.45, 7) is 5.79. The van der Waals surface area contributed by atoms with Crippen molar-refractivity contribution in [3.05, 3.63) is 12.2 Å². The Morgan fingerprint density at radius 1 is 1.33 bits per heavy atom. The van der Waals surface area contributed by atoms with Gasteiger partial charge in [-0.25, -0.2) is 0 Å². The first kappa shape index (κ1) is 11.8. The molecule has 0 saturated heterocycles. The second-order valence-electron chi connectivity index (χ2n) is 4.01. The van der Waals surface area contributed by atoms with E-state index < -0.39 is 17.4 Å². The maximum absolute atomic E-state index is 11.7. The van der Waals surface area contributed by atoms with Crippen LogP contribution in [0.3, 0.4) is 0 Å². The van der Waals surface area contributed by atoms with Crippen molar-refractivity contribution in [1.29, 1.82) is 0 Å². The summed E-state index contributed by atoms with van der Waals surface area (Å²) in [5.74, 6) is -0.914. The molecule has 0 heterocycles. The highest BCUT2D eigenvalue weighted by Gasteiger charge is 2.53. The van der Waals surface area contributed by atoms with Crippen LogP contribution in [0.25, 0.3) is 0 Å². The Morgan fingerprint density at radius 3 is 2.07 bits per heavy atom. The predicted octanol–water partition coefficient (Wildman–Crippen LogP) is 1.30. The van der Waals surface area contributed by atoms with Crippen LogP contribution in [0.15, 0.2) is 12.2 Å². The zero-order valence-electron chi connectivity index (χ0n) is 9.33. The Morgan fingerprint density at radius 2 is 1.80 bits per heavy atom. The van der Waals surface area contributed by atoms with Gasteiger partial charge in [0.25, 0.3) is 0 Å². The second-order valence-corrected chi connectivity index (χ2v) is 4.01. The highest BCUT2D eigenvalue weighted by atomic mass is 16.5. The summed E-state index contributed by atoms with van der Waals surface area (Å²) in [5.41, 5.74) is -0.272. The first-order valence-corrected chi connectivity index (χ1v) is 4.82. The van der Waals surface area contributed by atoms with Crippen molar-refractivity contribution in [3.8, 4) is 0 Å². The highest BCUT2D eigenvalue weighted by molar-refractivity contribution is 6.01. The van der Waals surface area contributed by atoms with Crippen LogP contribution in [0, 0.1) is 11.3 Å². The molecule has 0 amide bonds. The molecule has 1 saturated carbocycles. The van der Waals surface area contributed by atoms with Crippen molar-refractivity contribution >= 4 is 11.9 Å². The molecule has 1 unspecified atom stereocenters. The third-order valence-electron chi connectivity index (χ3n) is 3.03. The standard InChI is InChI=1S/C11H16O4/c1-7-5-11(6-8(7)2,9(12)14-3)10(13)15-4/h8H,1,5-6H2,2-4H3. The summed E-state index contributed by atoms with van der Waals surface area (Å²) in [5, 5.41) is 0. The summed E-state index contributed by atoms with van der Waals surface area (Å²) in [4.78, 5) is 23.3. The lowest BCUT2D eigenvalue weighted by molar-refractivity contribution is -0.168. The molecule has 4 heteroatoms. The molecule has 84 valence electrons. The van der Waals surface area contributed by atoms with Gasteiger partial charge in [0.2, 0.25) is 0 Å². The maximum atomic E-state index is 11.7. The van der Waals surface area contributed by atoms with Crippen molar-refractivity contribution < 1.29 is 19.1 Å². The molecule has 0 aliphatic heterocycles. The topological polar surface area (TPSA) is 52.6 Å². The van der Waals surface area contributed by atoms with E-state index in [9.17, 15) is 9.59 Å². The normalized spacial score (nSPS) is 23.7. The highest BCUT2D eigenvalue weighted by Crippen LogP contribution is 2.46. The van der Waals surface area contributed by atoms with Gasteiger partial charge in [-0.1, -0.05) is 19.1 Å². The molecule has 0 bridgehead atoms. The predicted molar refractivity (Wildman–Crippen MR) is 54.0 cm³/mol. The molecule has 1 aliphatic rings. The average Bonchev–Trinajstić information content (AvgIpc) is 2.54. The zero-order chi connectivity index (χ0) is 11.6. The summed E-state index contributed by atoms with van der Waals surface area (Å²) in [6, 6.07) is 0. The third-order valence-corrected chi connectivity index (χ3v) is 3.03. The number of hydrogen-bond donors (Lipinski definition) is 0. The Kier molecular flexibility index (Phi) is 3.17. The molecule has 0 aromatic heterocycles. The van der Waals surface area contributed by atoms with Gasteiger partial charge in [-0.15, -0.1) is 0 Å². The number of hydrogen-bond acceptors (Lipinski definition) is 4. The van der Waals surface area contributed by atoms with Crippen LogP contribution in [0.1, 0.15) is 19.8 Å². The Labute approximate surface area is 89.2 Å². The molecule has 1 rings (SSSR count). The van der Waals surface area contributed by atoms with Gasteiger partial charge in [-0.05, 0) is 18.8 Å². The summed E-state index contributed by atoms with van der Waals surface area (Å²) in [6.07, 6.45) is 0.749. The van der Waals surface area contributed by atoms with E-state index in [1.54, 1.807) is 0 Å². The van der Waals surface area contributed by atoms with Crippen LogP contribution in [0.5, 0.6) is 0 Å². The minimum absolute atomic E-state index is 0.142. The third kappa shape index (κ3) is 1.76.